The summed E-state index contributed by atoms with van der Waals surface area (Å²) in [4.78, 5) is 4.87. The van der Waals surface area contributed by atoms with Crippen LogP contribution in [-0.2, 0) is 0 Å². The third-order valence-corrected chi connectivity index (χ3v) is 7.75. The van der Waals surface area contributed by atoms with Gasteiger partial charge >= 0.3 is 47.4 Å². The van der Waals surface area contributed by atoms with Crippen LogP contribution >= 0.6 is 0 Å². The predicted octanol–water partition coefficient (Wildman–Crippen LogP) is 2.15. The van der Waals surface area contributed by atoms with Crippen molar-refractivity contribution in [3.63, 3.8) is 0 Å². The van der Waals surface area contributed by atoms with Gasteiger partial charge in [0.25, 0.3) is 0 Å². The van der Waals surface area contributed by atoms with Gasteiger partial charge < -0.3 is 0 Å². The Bertz CT molecular complexity index is 24.9. The number of hydrogen-bond donors (Lipinski definition) is 0. The second-order valence-corrected chi connectivity index (χ2v) is 11.7. The van der Waals surface area contributed by atoms with Crippen LogP contribution in [0.4, 0.5) is 0 Å². The van der Waals surface area contributed by atoms with Gasteiger partial charge in [-0.05, 0) is 0 Å². The van der Waals surface area contributed by atoms with Crippen molar-refractivity contribution in [2.75, 3.05) is 0 Å². The Kier molecular flexibility index (Phi) is 3.27. The molecule has 0 spiro atoms. The van der Waals surface area contributed by atoms with Crippen LogP contribution in [0.1, 0.15) is 13.8 Å². The van der Waals surface area contributed by atoms with Gasteiger partial charge in [0.05, 0.1) is 0 Å². The molecule has 0 N–H and O–H groups in total. The number of rotatable bonds is 1. The SMILES string of the molecule is C[CH](C)[Sn+]([CH3])[CH3]. The summed E-state index contributed by atoms with van der Waals surface area (Å²) >= 11 is -0.700. The Balaban J connectivity index is 2.99. The third kappa shape index (κ3) is 3.01. The van der Waals surface area contributed by atoms with Gasteiger partial charge in [0.2, 0.25) is 0 Å². The van der Waals surface area contributed by atoms with Gasteiger partial charge in [-0.3, -0.25) is 0 Å². The molecule has 0 bridgehead atoms. The van der Waals surface area contributed by atoms with Gasteiger partial charge in [0.15, 0.2) is 0 Å². The molecule has 0 aromatic rings. The van der Waals surface area contributed by atoms with E-state index in [0.29, 0.717) is 0 Å². The average molecular weight is 192 g/mol. The van der Waals surface area contributed by atoms with Crippen molar-refractivity contribution in [2.45, 2.75) is 27.7 Å². The van der Waals surface area contributed by atoms with E-state index in [1.807, 2.05) is 0 Å². The summed E-state index contributed by atoms with van der Waals surface area (Å²) in [5, 5.41) is 0. The summed E-state index contributed by atoms with van der Waals surface area (Å²) in [6.45, 7) is 4.66. The molecule has 1 heteroatoms. The summed E-state index contributed by atoms with van der Waals surface area (Å²) in [5.41, 5.74) is 0. The fourth-order valence-electron chi connectivity index (χ4n) is 0. The molecule has 0 radical (unpaired) electrons. The van der Waals surface area contributed by atoms with Gasteiger partial charge in [0.1, 0.15) is 0 Å². The van der Waals surface area contributed by atoms with Crippen LogP contribution < -0.4 is 0 Å². The predicted molar refractivity (Wildman–Crippen MR) is 32.6 cm³/mol. The first kappa shape index (κ1) is 6.80. The first-order valence-corrected chi connectivity index (χ1v) is 9.80. The van der Waals surface area contributed by atoms with Crippen molar-refractivity contribution >= 4 is 19.8 Å². The minimum atomic E-state index is -0.700. The molecule has 0 unspecified atom stereocenters. The third-order valence-electron chi connectivity index (χ3n) is 1.15. The van der Waals surface area contributed by atoms with E-state index in [-0.39, 0.29) is 0 Å². The molecule has 0 aromatic heterocycles. The van der Waals surface area contributed by atoms with Crippen LogP contribution in [-0.4, -0.2) is 19.8 Å². The molecule has 6 heavy (non-hydrogen) atoms. The summed E-state index contributed by atoms with van der Waals surface area (Å²) in [5.74, 6) is 0. The quantitative estimate of drug-likeness (QED) is 0.558. The molecule has 0 atom stereocenters. The summed E-state index contributed by atoms with van der Waals surface area (Å²) < 4.78 is 1.05. The van der Waals surface area contributed by atoms with Crippen LogP contribution in [0.15, 0.2) is 0 Å². The summed E-state index contributed by atoms with van der Waals surface area (Å²) in [7, 11) is 0. The minimum absolute atomic E-state index is 0.700. The van der Waals surface area contributed by atoms with Crippen molar-refractivity contribution in [3.8, 4) is 0 Å². The van der Waals surface area contributed by atoms with Crippen LogP contribution in [0.2, 0.25) is 13.8 Å². The average Bonchev–Trinajstić information content (AvgIpc) is 1.36. The Morgan fingerprint density at radius 3 is 1.33 bits per heavy atom. The molecule has 0 aliphatic heterocycles. The molecule has 0 saturated heterocycles. The Hall–Kier alpha value is 0.799. The van der Waals surface area contributed by atoms with E-state index in [0.717, 1.165) is 3.93 Å². The molecule has 0 aromatic carbocycles. The van der Waals surface area contributed by atoms with Crippen molar-refractivity contribution in [1.82, 2.24) is 0 Å². The Labute approximate surface area is 47.7 Å². The number of hydrogen-bond acceptors (Lipinski definition) is 0. The molecular formula is C5H13Sn+. The maximum atomic E-state index is 2.44. The second-order valence-electron chi connectivity index (χ2n) is 2.23. The molecule has 0 amide bonds. The van der Waals surface area contributed by atoms with Crippen molar-refractivity contribution in [2.24, 2.45) is 0 Å². The molecule has 0 fully saturated rings. The van der Waals surface area contributed by atoms with Crippen LogP contribution in [0.25, 0.3) is 0 Å². The molecule has 0 nitrogen and oxygen atoms in total. The summed E-state index contributed by atoms with van der Waals surface area (Å²) in [6, 6.07) is 0. The van der Waals surface area contributed by atoms with E-state index in [2.05, 4.69) is 23.7 Å². The zero-order chi connectivity index (χ0) is 5.15. The van der Waals surface area contributed by atoms with Crippen molar-refractivity contribution < 1.29 is 0 Å². The Morgan fingerprint density at radius 1 is 1.17 bits per heavy atom. The normalized spacial score (nSPS) is 9.50. The molecule has 0 aliphatic carbocycles. The summed E-state index contributed by atoms with van der Waals surface area (Å²) in [6.07, 6.45) is 0. The van der Waals surface area contributed by atoms with Crippen LogP contribution in [0, 0.1) is 0 Å². The first-order chi connectivity index (χ1) is 2.64. The van der Waals surface area contributed by atoms with Gasteiger partial charge in [-0.25, -0.2) is 0 Å². The fourth-order valence-corrected chi connectivity index (χ4v) is 0. The Morgan fingerprint density at radius 2 is 1.33 bits per heavy atom. The van der Waals surface area contributed by atoms with Crippen LogP contribution in [0.5, 0.6) is 0 Å². The topological polar surface area (TPSA) is 0 Å². The van der Waals surface area contributed by atoms with E-state index in [9.17, 15) is 0 Å². The monoisotopic (exact) mass is 193 g/mol. The van der Waals surface area contributed by atoms with Gasteiger partial charge in [-0.1, -0.05) is 0 Å². The van der Waals surface area contributed by atoms with Gasteiger partial charge in [-0.2, -0.15) is 0 Å². The molecule has 0 rings (SSSR count). The van der Waals surface area contributed by atoms with Gasteiger partial charge in [0, 0.05) is 0 Å². The molecule has 0 aliphatic rings. The van der Waals surface area contributed by atoms with Gasteiger partial charge in [-0.15, -0.1) is 0 Å². The molecule has 0 saturated carbocycles. The second kappa shape index (κ2) is 2.89. The molecule has 36 valence electrons. The zero-order valence-electron chi connectivity index (χ0n) is 5.08. The van der Waals surface area contributed by atoms with Crippen molar-refractivity contribution in [1.29, 1.82) is 0 Å². The van der Waals surface area contributed by atoms with Crippen molar-refractivity contribution in [3.05, 3.63) is 0 Å². The maximum absolute atomic E-state index is 2.44. The van der Waals surface area contributed by atoms with E-state index in [1.165, 1.54) is 0 Å². The van der Waals surface area contributed by atoms with E-state index < -0.39 is 19.8 Å². The molecule has 0 heterocycles. The van der Waals surface area contributed by atoms with E-state index >= 15 is 0 Å². The van der Waals surface area contributed by atoms with E-state index in [4.69, 9.17) is 0 Å². The first-order valence-electron chi connectivity index (χ1n) is 2.44. The van der Waals surface area contributed by atoms with Crippen LogP contribution in [0.3, 0.4) is 0 Å². The standard InChI is InChI=1S/C3H7.2CH3.Sn/c1-3-2;;;/h3H,1-2H3;2*1H3;/q;;;+1. The zero-order valence-corrected chi connectivity index (χ0v) is 7.93. The molecular weight excluding hydrogens is 179 g/mol. The van der Waals surface area contributed by atoms with E-state index in [1.54, 1.807) is 0 Å². The fraction of sp³-hybridized carbons (Fsp3) is 1.00.